The number of carbonyl (C=O) groups is 1. The summed E-state index contributed by atoms with van der Waals surface area (Å²) in [5.74, 6) is 0.468. The first-order valence-electron chi connectivity index (χ1n) is 9.98. The number of aryl methyl sites for hydroxylation is 1. The van der Waals surface area contributed by atoms with Crippen LogP contribution in [0.1, 0.15) is 41.7 Å². The summed E-state index contributed by atoms with van der Waals surface area (Å²) in [5.41, 5.74) is 3.89. The number of rotatable bonds is 6. The van der Waals surface area contributed by atoms with Crippen molar-refractivity contribution in [2.24, 2.45) is 5.92 Å². The van der Waals surface area contributed by atoms with Crippen LogP contribution >= 0.6 is 11.6 Å². The van der Waals surface area contributed by atoms with E-state index in [1.54, 1.807) is 18.2 Å². The molecule has 1 N–H and O–H groups in total. The van der Waals surface area contributed by atoms with Crippen LogP contribution in [0.2, 0.25) is 5.02 Å². The SMILES string of the molecule is Cc1ccc(-c2cc(Cl)ccc2OCC2CCCC2)n1-c1cccc(C(=O)O)c1.[Na]. The predicted octanol–water partition coefficient (Wildman–Crippen LogP) is 5.99. The molecule has 3 aromatic rings. The van der Waals surface area contributed by atoms with Gasteiger partial charge in [-0.05, 0) is 74.2 Å². The molecule has 151 valence electrons. The molecule has 2 aromatic carbocycles. The fourth-order valence-electron chi connectivity index (χ4n) is 4.08. The number of carboxylic acid groups (broad SMARTS) is 1. The molecule has 1 aliphatic carbocycles. The van der Waals surface area contributed by atoms with Crippen molar-refractivity contribution >= 4 is 47.1 Å². The van der Waals surface area contributed by atoms with Gasteiger partial charge in [0.05, 0.1) is 17.9 Å². The van der Waals surface area contributed by atoms with Gasteiger partial charge < -0.3 is 14.4 Å². The van der Waals surface area contributed by atoms with Crippen LogP contribution in [-0.2, 0) is 0 Å². The summed E-state index contributed by atoms with van der Waals surface area (Å²) in [6.45, 7) is 2.71. The van der Waals surface area contributed by atoms with Crippen molar-refractivity contribution in [3.63, 3.8) is 0 Å². The number of benzene rings is 2. The third kappa shape index (κ3) is 4.94. The molecule has 1 saturated carbocycles. The van der Waals surface area contributed by atoms with Crippen LogP contribution in [0.15, 0.2) is 54.6 Å². The van der Waals surface area contributed by atoms with Crippen LogP contribution < -0.4 is 4.74 Å². The van der Waals surface area contributed by atoms with E-state index in [1.807, 2.05) is 47.9 Å². The summed E-state index contributed by atoms with van der Waals surface area (Å²) in [7, 11) is 0. The minimum Gasteiger partial charge on any atom is -0.493 e. The predicted molar refractivity (Wildman–Crippen MR) is 121 cm³/mol. The first kappa shape index (κ1) is 23.0. The summed E-state index contributed by atoms with van der Waals surface area (Å²) in [6.07, 6.45) is 5.01. The van der Waals surface area contributed by atoms with Crippen LogP contribution in [0.4, 0.5) is 0 Å². The molecule has 0 atom stereocenters. The first-order chi connectivity index (χ1) is 14.0. The second-order valence-electron chi connectivity index (χ2n) is 7.65. The van der Waals surface area contributed by atoms with E-state index >= 15 is 0 Å². The van der Waals surface area contributed by atoms with Crippen molar-refractivity contribution in [1.29, 1.82) is 0 Å². The average Bonchev–Trinajstić information content (AvgIpc) is 3.36. The Morgan fingerprint density at radius 2 is 1.90 bits per heavy atom. The van der Waals surface area contributed by atoms with Crippen LogP contribution in [0.25, 0.3) is 16.9 Å². The zero-order valence-electron chi connectivity index (χ0n) is 17.4. The van der Waals surface area contributed by atoms with Gasteiger partial charge in [0.15, 0.2) is 0 Å². The van der Waals surface area contributed by atoms with E-state index in [0.717, 1.165) is 28.4 Å². The quantitative estimate of drug-likeness (QED) is 0.486. The van der Waals surface area contributed by atoms with Crippen molar-refractivity contribution in [3.8, 4) is 22.7 Å². The molecule has 0 bridgehead atoms. The Morgan fingerprint density at radius 3 is 2.63 bits per heavy atom. The molecule has 0 unspecified atom stereocenters. The maximum atomic E-state index is 11.4. The standard InChI is InChI=1S/C24H24ClNO3.Na/c1-16-9-11-22(26(16)20-8-4-7-18(13-20)24(27)28)21-14-19(25)10-12-23(21)29-15-17-5-2-3-6-17;/h4,7-14,17H,2-3,5-6,15H2,1H3,(H,27,28);. The first-order valence-corrected chi connectivity index (χ1v) is 10.4. The minimum atomic E-state index is -0.943. The maximum Gasteiger partial charge on any atom is 0.335 e. The van der Waals surface area contributed by atoms with Gasteiger partial charge in [-0.1, -0.05) is 30.5 Å². The molecule has 0 amide bonds. The molecular weight excluding hydrogens is 409 g/mol. The maximum absolute atomic E-state index is 11.4. The van der Waals surface area contributed by atoms with Crippen molar-refractivity contribution in [2.45, 2.75) is 32.6 Å². The van der Waals surface area contributed by atoms with Crippen molar-refractivity contribution in [3.05, 3.63) is 70.9 Å². The van der Waals surface area contributed by atoms with Gasteiger partial charge in [0, 0.05) is 51.5 Å². The Hall–Kier alpha value is -1.72. The Kier molecular flexibility index (Phi) is 7.70. The monoisotopic (exact) mass is 432 g/mol. The summed E-state index contributed by atoms with van der Waals surface area (Å²) in [4.78, 5) is 11.4. The summed E-state index contributed by atoms with van der Waals surface area (Å²) >= 11 is 6.32. The fourth-order valence-corrected chi connectivity index (χ4v) is 4.25. The zero-order chi connectivity index (χ0) is 20.4. The third-order valence-electron chi connectivity index (χ3n) is 5.59. The van der Waals surface area contributed by atoms with Crippen molar-refractivity contribution in [1.82, 2.24) is 4.57 Å². The normalized spacial score (nSPS) is 13.8. The molecular formula is C24H24ClNNaO3. The summed E-state index contributed by atoms with van der Waals surface area (Å²) in [6, 6.07) is 16.7. The fraction of sp³-hybridized carbons (Fsp3) is 0.292. The number of ether oxygens (including phenoxy) is 1. The molecule has 4 nitrogen and oxygen atoms in total. The number of aromatic nitrogens is 1. The summed E-state index contributed by atoms with van der Waals surface area (Å²) in [5, 5.41) is 10.0. The average molecular weight is 433 g/mol. The van der Waals surface area contributed by atoms with E-state index in [4.69, 9.17) is 16.3 Å². The van der Waals surface area contributed by atoms with Gasteiger partial charge in [0.1, 0.15) is 5.75 Å². The molecule has 1 aliphatic rings. The molecule has 0 spiro atoms. The molecule has 4 rings (SSSR count). The van der Waals surface area contributed by atoms with Gasteiger partial charge in [-0.15, -0.1) is 0 Å². The van der Waals surface area contributed by atoms with E-state index in [1.165, 1.54) is 25.7 Å². The number of carboxylic acids is 1. The smallest absolute Gasteiger partial charge is 0.335 e. The van der Waals surface area contributed by atoms with Crippen molar-refractivity contribution < 1.29 is 14.6 Å². The molecule has 1 radical (unpaired) electrons. The van der Waals surface area contributed by atoms with Gasteiger partial charge in [-0.3, -0.25) is 0 Å². The zero-order valence-corrected chi connectivity index (χ0v) is 20.2. The molecule has 1 aromatic heterocycles. The Morgan fingerprint density at radius 1 is 1.13 bits per heavy atom. The molecule has 0 aliphatic heterocycles. The summed E-state index contributed by atoms with van der Waals surface area (Å²) < 4.78 is 8.27. The molecule has 1 fully saturated rings. The van der Waals surface area contributed by atoms with E-state index in [-0.39, 0.29) is 35.1 Å². The number of hydrogen-bond acceptors (Lipinski definition) is 2. The molecule has 0 saturated heterocycles. The van der Waals surface area contributed by atoms with Gasteiger partial charge in [-0.25, -0.2) is 4.79 Å². The largest absolute Gasteiger partial charge is 0.493 e. The molecule has 1 heterocycles. The van der Waals surface area contributed by atoms with Gasteiger partial charge >= 0.3 is 5.97 Å². The van der Waals surface area contributed by atoms with E-state index in [9.17, 15) is 9.90 Å². The number of halogens is 1. The van der Waals surface area contributed by atoms with Crippen LogP contribution in [-0.4, -0.2) is 51.8 Å². The number of hydrogen-bond donors (Lipinski definition) is 1. The van der Waals surface area contributed by atoms with Gasteiger partial charge in [0.25, 0.3) is 0 Å². The van der Waals surface area contributed by atoms with Crippen molar-refractivity contribution in [2.75, 3.05) is 6.61 Å². The van der Waals surface area contributed by atoms with Crippen LogP contribution in [0.3, 0.4) is 0 Å². The van der Waals surface area contributed by atoms with Gasteiger partial charge in [0.2, 0.25) is 0 Å². The Balaban J connectivity index is 0.00000256. The minimum absolute atomic E-state index is 0. The molecule has 6 heteroatoms. The topological polar surface area (TPSA) is 51.5 Å². The van der Waals surface area contributed by atoms with E-state index in [2.05, 4.69) is 0 Å². The Bertz CT molecular complexity index is 1040. The Labute approximate surface area is 204 Å². The third-order valence-corrected chi connectivity index (χ3v) is 5.83. The van der Waals surface area contributed by atoms with E-state index < -0.39 is 5.97 Å². The molecule has 30 heavy (non-hydrogen) atoms. The second kappa shape index (κ2) is 10.1. The van der Waals surface area contributed by atoms with Crippen LogP contribution in [0.5, 0.6) is 5.75 Å². The second-order valence-corrected chi connectivity index (χ2v) is 8.09. The number of aromatic carboxylic acids is 1. The van der Waals surface area contributed by atoms with Gasteiger partial charge in [-0.2, -0.15) is 0 Å². The van der Waals surface area contributed by atoms with E-state index in [0.29, 0.717) is 17.5 Å². The van der Waals surface area contributed by atoms with Crippen LogP contribution in [0, 0.1) is 12.8 Å². The number of nitrogens with zero attached hydrogens (tertiary/aromatic N) is 1.